The molecule has 5 nitrogen and oxygen atoms in total. The van der Waals surface area contributed by atoms with Gasteiger partial charge in [0.25, 0.3) is 5.91 Å². The van der Waals surface area contributed by atoms with E-state index in [1.807, 2.05) is 49.4 Å². The van der Waals surface area contributed by atoms with E-state index in [2.05, 4.69) is 10.3 Å². The van der Waals surface area contributed by atoms with E-state index in [9.17, 15) is 4.79 Å². The van der Waals surface area contributed by atoms with E-state index >= 15 is 0 Å². The summed E-state index contributed by atoms with van der Waals surface area (Å²) in [4.78, 5) is 17.7. The van der Waals surface area contributed by atoms with Crippen LogP contribution in [-0.4, -0.2) is 31.7 Å². The van der Waals surface area contributed by atoms with Gasteiger partial charge in [0, 0.05) is 17.1 Å². The van der Waals surface area contributed by atoms with Crippen LogP contribution in [0.2, 0.25) is 5.02 Å². The number of aryl methyl sites for hydroxylation is 1. The predicted octanol–water partition coefficient (Wildman–Crippen LogP) is 4.76. The van der Waals surface area contributed by atoms with E-state index in [4.69, 9.17) is 21.1 Å². The van der Waals surface area contributed by atoms with Crippen LogP contribution in [0.3, 0.4) is 0 Å². The molecule has 146 valence electrons. The van der Waals surface area contributed by atoms with Gasteiger partial charge in [0.15, 0.2) is 11.5 Å². The molecule has 0 aliphatic rings. The molecular weight excluding hydrogens is 396 g/mol. The summed E-state index contributed by atoms with van der Waals surface area (Å²) in [5, 5.41) is 4.39. The third-order valence-electron chi connectivity index (χ3n) is 4.22. The Balaban J connectivity index is 1.64. The first-order valence-electron chi connectivity index (χ1n) is 8.74. The summed E-state index contributed by atoms with van der Waals surface area (Å²) in [6.45, 7) is 2.35. The van der Waals surface area contributed by atoms with E-state index in [-0.39, 0.29) is 5.91 Å². The first-order valence-corrected chi connectivity index (χ1v) is 9.93. The zero-order valence-corrected chi connectivity index (χ0v) is 17.5. The minimum atomic E-state index is -0.122. The Morgan fingerprint density at radius 2 is 1.93 bits per heavy atom. The molecule has 0 aliphatic carbocycles. The van der Waals surface area contributed by atoms with E-state index in [1.54, 1.807) is 14.2 Å². The van der Waals surface area contributed by atoms with Gasteiger partial charge in [0.2, 0.25) is 0 Å². The second-order valence-corrected chi connectivity index (χ2v) is 7.57. The zero-order chi connectivity index (χ0) is 20.1. The van der Waals surface area contributed by atoms with Gasteiger partial charge < -0.3 is 14.8 Å². The third kappa shape index (κ3) is 4.64. The van der Waals surface area contributed by atoms with Crippen LogP contribution in [0.15, 0.2) is 42.5 Å². The molecule has 2 aromatic carbocycles. The molecule has 0 bridgehead atoms. The van der Waals surface area contributed by atoms with Gasteiger partial charge in [-0.2, -0.15) is 0 Å². The average molecular weight is 417 g/mol. The number of aromatic nitrogens is 1. The van der Waals surface area contributed by atoms with Crippen LogP contribution in [0, 0.1) is 6.92 Å². The lowest BCUT2D eigenvalue weighted by molar-refractivity contribution is 0.0957. The van der Waals surface area contributed by atoms with Crippen molar-refractivity contribution in [2.24, 2.45) is 0 Å². The van der Waals surface area contributed by atoms with Gasteiger partial charge in [-0.1, -0.05) is 29.8 Å². The van der Waals surface area contributed by atoms with Crippen molar-refractivity contribution in [2.45, 2.75) is 13.3 Å². The molecule has 0 spiro atoms. The minimum absolute atomic E-state index is 0.122. The first-order chi connectivity index (χ1) is 13.5. The van der Waals surface area contributed by atoms with Crippen molar-refractivity contribution in [3.05, 3.63) is 63.6 Å². The normalized spacial score (nSPS) is 10.6. The predicted molar refractivity (Wildman–Crippen MR) is 113 cm³/mol. The van der Waals surface area contributed by atoms with E-state index in [0.29, 0.717) is 40.1 Å². The molecule has 0 saturated carbocycles. The number of thiazole rings is 1. The van der Waals surface area contributed by atoms with Crippen molar-refractivity contribution < 1.29 is 14.3 Å². The highest BCUT2D eigenvalue weighted by atomic mass is 35.5. The minimum Gasteiger partial charge on any atom is -0.493 e. The monoisotopic (exact) mass is 416 g/mol. The van der Waals surface area contributed by atoms with Gasteiger partial charge in [0.1, 0.15) is 9.88 Å². The maximum atomic E-state index is 12.6. The number of benzene rings is 2. The number of carbonyl (C=O) groups is 1. The largest absolute Gasteiger partial charge is 0.493 e. The Bertz CT molecular complexity index is 988. The fraction of sp³-hybridized carbons (Fsp3) is 0.238. The molecule has 0 saturated heterocycles. The van der Waals surface area contributed by atoms with Crippen LogP contribution < -0.4 is 14.8 Å². The fourth-order valence-corrected chi connectivity index (χ4v) is 3.96. The molecular formula is C21H21ClN2O3S. The summed E-state index contributed by atoms with van der Waals surface area (Å²) in [7, 11) is 3.21. The van der Waals surface area contributed by atoms with Crippen LogP contribution in [0.5, 0.6) is 11.5 Å². The Morgan fingerprint density at radius 3 is 2.64 bits per heavy atom. The van der Waals surface area contributed by atoms with Crippen molar-refractivity contribution in [3.63, 3.8) is 0 Å². The van der Waals surface area contributed by atoms with E-state index in [0.717, 1.165) is 16.1 Å². The van der Waals surface area contributed by atoms with E-state index < -0.39 is 0 Å². The Morgan fingerprint density at radius 1 is 1.14 bits per heavy atom. The van der Waals surface area contributed by atoms with Crippen LogP contribution in [0.1, 0.15) is 20.9 Å². The number of carbonyl (C=O) groups excluding carboxylic acids is 1. The van der Waals surface area contributed by atoms with Crippen molar-refractivity contribution in [3.8, 4) is 22.1 Å². The summed E-state index contributed by atoms with van der Waals surface area (Å²) in [5.74, 6) is 1.24. The van der Waals surface area contributed by atoms with Gasteiger partial charge in [-0.3, -0.25) is 4.79 Å². The smallest absolute Gasteiger partial charge is 0.263 e. The molecule has 28 heavy (non-hydrogen) atoms. The summed E-state index contributed by atoms with van der Waals surface area (Å²) >= 11 is 7.42. The summed E-state index contributed by atoms with van der Waals surface area (Å²) < 4.78 is 10.6. The van der Waals surface area contributed by atoms with Gasteiger partial charge in [-0.25, -0.2) is 4.98 Å². The van der Waals surface area contributed by atoms with Crippen molar-refractivity contribution >= 4 is 28.8 Å². The van der Waals surface area contributed by atoms with Gasteiger partial charge in [-0.15, -0.1) is 11.3 Å². The number of amides is 1. The molecule has 1 aromatic heterocycles. The summed E-state index contributed by atoms with van der Waals surface area (Å²) in [6, 6.07) is 13.2. The second kappa shape index (κ2) is 9.08. The first kappa shape index (κ1) is 20.2. The van der Waals surface area contributed by atoms with Crippen molar-refractivity contribution in [2.75, 3.05) is 20.8 Å². The molecule has 3 rings (SSSR count). The van der Waals surface area contributed by atoms with E-state index in [1.165, 1.54) is 11.3 Å². The fourth-order valence-electron chi connectivity index (χ4n) is 2.79. The Kier molecular flexibility index (Phi) is 6.54. The third-order valence-corrected chi connectivity index (χ3v) is 5.66. The standard InChI is InChI=1S/C21H21ClN2O3S/c1-13-19(28-21(24-13)15-5-4-6-16(22)12-15)20(25)23-10-9-14-7-8-17(26-2)18(11-14)27-3/h4-8,11-12H,9-10H2,1-3H3,(H,23,25). The summed E-state index contributed by atoms with van der Waals surface area (Å²) in [5.41, 5.74) is 2.67. The number of rotatable bonds is 7. The molecule has 1 N–H and O–H groups in total. The molecule has 0 fully saturated rings. The highest BCUT2D eigenvalue weighted by Crippen LogP contribution is 2.30. The second-order valence-electron chi connectivity index (χ2n) is 6.14. The number of ether oxygens (including phenoxy) is 2. The zero-order valence-electron chi connectivity index (χ0n) is 15.9. The number of hydrogen-bond donors (Lipinski definition) is 1. The topological polar surface area (TPSA) is 60.5 Å². The number of hydrogen-bond acceptors (Lipinski definition) is 5. The quantitative estimate of drug-likeness (QED) is 0.603. The molecule has 0 atom stereocenters. The number of methoxy groups -OCH3 is 2. The lowest BCUT2D eigenvalue weighted by atomic mass is 10.1. The molecule has 1 amide bonds. The lowest BCUT2D eigenvalue weighted by Crippen LogP contribution is -2.25. The van der Waals surface area contributed by atoms with Gasteiger partial charge in [0.05, 0.1) is 19.9 Å². The van der Waals surface area contributed by atoms with Gasteiger partial charge in [-0.05, 0) is 43.2 Å². The number of nitrogens with one attached hydrogen (secondary N) is 1. The highest BCUT2D eigenvalue weighted by molar-refractivity contribution is 7.17. The van der Waals surface area contributed by atoms with Crippen LogP contribution >= 0.6 is 22.9 Å². The van der Waals surface area contributed by atoms with Crippen LogP contribution in [-0.2, 0) is 6.42 Å². The SMILES string of the molecule is COc1ccc(CCNC(=O)c2sc(-c3cccc(Cl)c3)nc2C)cc1OC. The van der Waals surface area contributed by atoms with Crippen molar-refractivity contribution in [1.29, 1.82) is 0 Å². The maximum absolute atomic E-state index is 12.6. The summed E-state index contributed by atoms with van der Waals surface area (Å²) in [6.07, 6.45) is 0.686. The average Bonchev–Trinajstić information content (AvgIpc) is 3.09. The highest BCUT2D eigenvalue weighted by Gasteiger charge is 2.16. The lowest BCUT2D eigenvalue weighted by Gasteiger charge is -2.10. The van der Waals surface area contributed by atoms with Gasteiger partial charge >= 0.3 is 0 Å². The Hall–Kier alpha value is -2.57. The molecule has 3 aromatic rings. The number of nitrogens with zero attached hydrogens (tertiary/aromatic N) is 1. The molecule has 0 unspecified atom stereocenters. The van der Waals surface area contributed by atoms with Crippen LogP contribution in [0.4, 0.5) is 0 Å². The molecule has 1 heterocycles. The van der Waals surface area contributed by atoms with Crippen molar-refractivity contribution in [1.82, 2.24) is 10.3 Å². The molecule has 7 heteroatoms. The number of halogens is 1. The Labute approximate surface area is 173 Å². The molecule has 0 radical (unpaired) electrons. The van der Waals surface area contributed by atoms with Crippen LogP contribution in [0.25, 0.3) is 10.6 Å². The maximum Gasteiger partial charge on any atom is 0.263 e. The molecule has 0 aliphatic heterocycles.